The van der Waals surface area contributed by atoms with Crippen molar-refractivity contribution in [2.45, 2.75) is 19.4 Å². The Labute approximate surface area is 116 Å². The van der Waals surface area contributed by atoms with Crippen LogP contribution in [0, 0.1) is 0 Å². The predicted molar refractivity (Wildman–Crippen MR) is 71.4 cm³/mol. The summed E-state index contributed by atoms with van der Waals surface area (Å²) >= 11 is 0. The summed E-state index contributed by atoms with van der Waals surface area (Å²) in [6, 6.07) is 6.79. The molecule has 6 nitrogen and oxygen atoms in total. The number of β-lactam (4-membered cyclic amide) rings is 1. The number of ether oxygens (including phenoxy) is 1. The fraction of sp³-hybridized carbons (Fsp3) is 0.286. The molecule has 1 aliphatic heterocycles. The molecule has 1 aliphatic rings. The summed E-state index contributed by atoms with van der Waals surface area (Å²) in [6.45, 7) is 1.23. The van der Waals surface area contributed by atoms with E-state index >= 15 is 0 Å². The summed E-state index contributed by atoms with van der Waals surface area (Å²) in [4.78, 5) is 27.2. The van der Waals surface area contributed by atoms with Crippen molar-refractivity contribution in [3.8, 4) is 5.75 Å². The van der Waals surface area contributed by atoms with E-state index in [1.165, 1.54) is 6.92 Å². The second kappa shape index (κ2) is 5.75. The molecule has 2 N–H and O–H groups in total. The number of hydrogen-bond donors (Lipinski definition) is 1. The van der Waals surface area contributed by atoms with E-state index in [0.717, 1.165) is 16.4 Å². The first-order chi connectivity index (χ1) is 9.54. The number of hydrogen-bond acceptors (Lipinski definition) is 5. The summed E-state index contributed by atoms with van der Waals surface area (Å²) < 4.78 is 5.24. The van der Waals surface area contributed by atoms with Crippen molar-refractivity contribution in [1.29, 1.82) is 0 Å². The molecule has 106 valence electrons. The first kappa shape index (κ1) is 14.1. The number of benzene rings is 1. The molecular weight excluding hydrogens is 260 g/mol. The normalized spacial score (nSPS) is 19.8. The average Bonchev–Trinajstić information content (AvgIpc) is 2.45. The van der Waals surface area contributed by atoms with E-state index in [1.54, 1.807) is 13.2 Å². The Hall–Kier alpha value is -2.34. The Bertz CT molecular complexity index is 568. The van der Waals surface area contributed by atoms with Crippen LogP contribution in [-0.2, 0) is 20.8 Å². The second-order valence-corrected chi connectivity index (χ2v) is 4.34. The van der Waals surface area contributed by atoms with Crippen molar-refractivity contribution in [2.75, 3.05) is 7.11 Å². The van der Waals surface area contributed by atoms with Crippen LogP contribution in [0.3, 0.4) is 0 Å². The number of allylic oxidation sites excluding steroid dienone is 1. The average molecular weight is 276 g/mol. The fourth-order valence-electron chi connectivity index (χ4n) is 1.96. The van der Waals surface area contributed by atoms with E-state index in [0.29, 0.717) is 12.1 Å². The first-order valence-electron chi connectivity index (χ1n) is 6.14. The van der Waals surface area contributed by atoms with Gasteiger partial charge in [-0.3, -0.25) is 4.79 Å². The minimum Gasteiger partial charge on any atom is -0.496 e. The summed E-state index contributed by atoms with van der Waals surface area (Å²) in [5, 5.41) is 0.933. The zero-order valence-corrected chi connectivity index (χ0v) is 11.3. The third-order valence-electron chi connectivity index (χ3n) is 2.96. The largest absolute Gasteiger partial charge is 0.496 e. The molecule has 1 atom stereocenters. The molecule has 0 saturated carbocycles. The molecule has 1 aromatic rings. The van der Waals surface area contributed by atoms with Gasteiger partial charge in [-0.1, -0.05) is 24.3 Å². The monoisotopic (exact) mass is 276 g/mol. The number of rotatable bonds is 4. The first-order valence-corrected chi connectivity index (χ1v) is 6.14. The van der Waals surface area contributed by atoms with Gasteiger partial charge < -0.3 is 15.3 Å². The molecule has 6 heteroatoms. The highest BCUT2D eigenvalue weighted by atomic mass is 16.7. The van der Waals surface area contributed by atoms with Crippen molar-refractivity contribution in [1.82, 2.24) is 5.06 Å². The lowest BCUT2D eigenvalue weighted by atomic mass is 10.0. The van der Waals surface area contributed by atoms with E-state index < -0.39 is 17.9 Å². The lowest BCUT2D eigenvalue weighted by Crippen LogP contribution is -2.58. The molecule has 1 heterocycles. The predicted octanol–water partition coefficient (Wildman–Crippen LogP) is 0.769. The highest BCUT2D eigenvalue weighted by Crippen LogP contribution is 2.25. The van der Waals surface area contributed by atoms with Crippen LogP contribution in [0.25, 0.3) is 0 Å². The quantitative estimate of drug-likeness (QED) is 0.821. The summed E-state index contributed by atoms with van der Waals surface area (Å²) in [5.74, 6) is -0.234. The molecule has 1 fully saturated rings. The van der Waals surface area contributed by atoms with E-state index in [2.05, 4.69) is 0 Å². The number of nitrogens with two attached hydrogens (primary N) is 1. The van der Waals surface area contributed by atoms with Gasteiger partial charge in [0.1, 0.15) is 11.8 Å². The summed E-state index contributed by atoms with van der Waals surface area (Å²) in [6.07, 6.45) is 2.28. The van der Waals surface area contributed by atoms with Crippen LogP contribution in [0.5, 0.6) is 5.75 Å². The van der Waals surface area contributed by atoms with Gasteiger partial charge in [0.15, 0.2) is 0 Å². The van der Waals surface area contributed by atoms with Gasteiger partial charge in [0.25, 0.3) is 5.91 Å². The molecule has 1 unspecified atom stereocenters. The van der Waals surface area contributed by atoms with E-state index in [9.17, 15) is 9.59 Å². The van der Waals surface area contributed by atoms with Crippen molar-refractivity contribution >= 4 is 11.9 Å². The molecule has 1 aromatic carbocycles. The van der Waals surface area contributed by atoms with Crippen LogP contribution in [0.2, 0.25) is 0 Å². The molecule has 20 heavy (non-hydrogen) atoms. The van der Waals surface area contributed by atoms with E-state index in [-0.39, 0.29) is 0 Å². The lowest BCUT2D eigenvalue weighted by molar-refractivity contribution is -0.200. The van der Waals surface area contributed by atoms with Crippen LogP contribution < -0.4 is 10.5 Å². The van der Waals surface area contributed by atoms with Crippen LogP contribution in [0.1, 0.15) is 12.5 Å². The molecule has 0 radical (unpaired) electrons. The molecule has 0 bridgehead atoms. The smallest absolute Gasteiger partial charge is 0.330 e. The van der Waals surface area contributed by atoms with E-state index in [1.807, 2.05) is 24.3 Å². The minimum atomic E-state index is -0.746. The molecular formula is C14H16N2O4. The number of carbonyl (C=O) groups excluding carboxylic acids is 2. The van der Waals surface area contributed by atoms with Crippen LogP contribution >= 0.6 is 0 Å². The maximum atomic E-state index is 11.5. The Morgan fingerprint density at radius 1 is 1.45 bits per heavy atom. The van der Waals surface area contributed by atoms with Gasteiger partial charge in [0.05, 0.1) is 12.8 Å². The van der Waals surface area contributed by atoms with Crippen molar-refractivity contribution in [3.05, 3.63) is 41.6 Å². The lowest BCUT2D eigenvalue weighted by Gasteiger charge is -2.36. The summed E-state index contributed by atoms with van der Waals surface area (Å²) in [5.41, 5.74) is 7.12. The zero-order valence-electron chi connectivity index (χ0n) is 11.3. The standard InChI is InChI=1S/C14H16N2O4/c1-9(17)20-16-11(13(15)14(16)18)8-7-10-5-3-4-6-12(10)19-2/h3-6,8,13H,7,15H2,1-2H3. The Morgan fingerprint density at radius 2 is 2.15 bits per heavy atom. The second-order valence-electron chi connectivity index (χ2n) is 4.34. The van der Waals surface area contributed by atoms with Crippen LogP contribution in [0.4, 0.5) is 0 Å². The summed E-state index contributed by atoms with van der Waals surface area (Å²) in [7, 11) is 1.59. The van der Waals surface area contributed by atoms with Crippen molar-refractivity contribution in [3.63, 3.8) is 0 Å². The zero-order chi connectivity index (χ0) is 14.7. The molecule has 2 rings (SSSR count). The number of carbonyl (C=O) groups is 2. The van der Waals surface area contributed by atoms with Crippen LogP contribution in [0.15, 0.2) is 36.0 Å². The highest BCUT2D eigenvalue weighted by molar-refractivity contribution is 5.94. The van der Waals surface area contributed by atoms with Gasteiger partial charge >= 0.3 is 5.97 Å². The van der Waals surface area contributed by atoms with Gasteiger partial charge in [0, 0.05) is 6.92 Å². The number of hydroxylamine groups is 2. The minimum absolute atomic E-state index is 0.425. The number of para-hydroxylation sites is 1. The molecule has 0 spiro atoms. The topological polar surface area (TPSA) is 81.9 Å². The Balaban J connectivity index is 2.14. The Morgan fingerprint density at radius 3 is 2.80 bits per heavy atom. The van der Waals surface area contributed by atoms with Crippen LogP contribution in [-0.4, -0.2) is 30.1 Å². The van der Waals surface area contributed by atoms with Gasteiger partial charge in [-0.15, -0.1) is 5.06 Å². The maximum Gasteiger partial charge on any atom is 0.330 e. The molecule has 0 aromatic heterocycles. The van der Waals surface area contributed by atoms with Crippen molar-refractivity contribution in [2.24, 2.45) is 5.73 Å². The molecule has 1 amide bonds. The molecule has 1 saturated heterocycles. The maximum absolute atomic E-state index is 11.5. The number of amides is 1. The highest BCUT2D eigenvalue weighted by Gasteiger charge is 2.42. The van der Waals surface area contributed by atoms with Gasteiger partial charge in [-0.2, -0.15) is 0 Å². The van der Waals surface area contributed by atoms with Gasteiger partial charge in [-0.05, 0) is 18.1 Å². The fourth-order valence-corrected chi connectivity index (χ4v) is 1.96. The number of methoxy groups -OCH3 is 1. The van der Waals surface area contributed by atoms with Crippen molar-refractivity contribution < 1.29 is 19.2 Å². The third kappa shape index (κ3) is 2.65. The van der Waals surface area contributed by atoms with Gasteiger partial charge in [-0.25, -0.2) is 4.79 Å². The number of nitrogens with zero attached hydrogens (tertiary/aromatic N) is 1. The van der Waals surface area contributed by atoms with Gasteiger partial charge in [0.2, 0.25) is 0 Å². The Kier molecular flexibility index (Phi) is 4.05. The third-order valence-corrected chi connectivity index (χ3v) is 2.96. The van der Waals surface area contributed by atoms with E-state index in [4.69, 9.17) is 15.3 Å². The molecule has 0 aliphatic carbocycles. The SMILES string of the molecule is COc1ccccc1CC=C1C(N)C(=O)N1OC(C)=O.